The van der Waals surface area contributed by atoms with Crippen LogP contribution in [0.25, 0.3) is 0 Å². The Bertz CT molecular complexity index is 977. The van der Waals surface area contributed by atoms with Gasteiger partial charge < -0.3 is 19.9 Å². The summed E-state index contributed by atoms with van der Waals surface area (Å²) >= 11 is 1.67. The molecule has 0 radical (unpaired) electrons. The molecule has 1 N–H and O–H groups in total. The normalized spacial score (nSPS) is 21.0. The maximum atomic E-state index is 12.9. The first-order valence-electron chi connectivity index (χ1n) is 11.0. The van der Waals surface area contributed by atoms with Gasteiger partial charge in [-0.25, -0.2) is 0 Å². The van der Waals surface area contributed by atoms with E-state index >= 15 is 0 Å². The van der Waals surface area contributed by atoms with Crippen molar-refractivity contribution >= 4 is 29.1 Å². The number of nitrogens with zero attached hydrogens (tertiary/aromatic N) is 2. The van der Waals surface area contributed by atoms with Crippen LogP contribution in [0.3, 0.4) is 0 Å². The summed E-state index contributed by atoms with van der Waals surface area (Å²) in [6.07, 6.45) is 2.91. The molecule has 1 aromatic carbocycles. The molecular weight excluding hydrogens is 426 g/mol. The third kappa shape index (κ3) is 5.30. The topological polar surface area (TPSA) is 79.0 Å². The molecule has 2 fully saturated rings. The smallest absolute Gasteiger partial charge is 0.242 e. The fourth-order valence-corrected chi connectivity index (χ4v) is 5.36. The van der Waals surface area contributed by atoms with Crippen molar-refractivity contribution in [3.8, 4) is 5.75 Å². The number of rotatable bonds is 8. The van der Waals surface area contributed by atoms with Gasteiger partial charge in [0.25, 0.3) is 0 Å². The molecule has 4 rings (SSSR count). The van der Waals surface area contributed by atoms with Gasteiger partial charge in [-0.05, 0) is 42.0 Å². The highest BCUT2D eigenvalue weighted by molar-refractivity contribution is 7.09. The van der Waals surface area contributed by atoms with E-state index in [4.69, 9.17) is 4.74 Å². The maximum Gasteiger partial charge on any atom is 0.242 e. The van der Waals surface area contributed by atoms with Crippen LogP contribution >= 0.6 is 11.3 Å². The average Bonchev–Trinajstić information content (AvgIpc) is 3.43. The molecule has 8 heteroatoms. The number of ether oxygens (including phenoxy) is 1. The van der Waals surface area contributed by atoms with Crippen molar-refractivity contribution in [2.75, 3.05) is 26.7 Å². The van der Waals surface area contributed by atoms with E-state index in [0.29, 0.717) is 38.9 Å². The van der Waals surface area contributed by atoms with Crippen LogP contribution in [0.5, 0.6) is 5.75 Å². The zero-order valence-electron chi connectivity index (χ0n) is 18.3. The minimum atomic E-state index is -0.365. The molecule has 2 aliphatic heterocycles. The Kier molecular flexibility index (Phi) is 6.79. The third-order valence-corrected chi connectivity index (χ3v) is 7.20. The molecule has 2 aliphatic rings. The fourth-order valence-electron chi connectivity index (χ4n) is 4.51. The molecule has 0 bridgehead atoms. The Morgan fingerprint density at radius 3 is 2.78 bits per heavy atom. The molecule has 3 heterocycles. The number of carbonyl (C=O) groups is 3. The highest BCUT2D eigenvalue weighted by atomic mass is 32.1. The van der Waals surface area contributed by atoms with Crippen molar-refractivity contribution in [3.05, 3.63) is 52.2 Å². The van der Waals surface area contributed by atoms with Gasteiger partial charge in [0.1, 0.15) is 5.75 Å². The Morgan fingerprint density at radius 1 is 1.22 bits per heavy atom. The van der Waals surface area contributed by atoms with Crippen LogP contribution in [0.1, 0.15) is 36.1 Å². The minimum Gasteiger partial charge on any atom is -0.497 e. The van der Waals surface area contributed by atoms with Gasteiger partial charge in [-0.2, -0.15) is 0 Å². The molecular formula is C24H29N3O4S. The Balaban J connectivity index is 1.31. The van der Waals surface area contributed by atoms with Gasteiger partial charge in [-0.3, -0.25) is 14.4 Å². The van der Waals surface area contributed by atoms with Crippen molar-refractivity contribution in [3.63, 3.8) is 0 Å². The lowest BCUT2D eigenvalue weighted by Gasteiger charge is -2.35. The lowest BCUT2D eigenvalue weighted by molar-refractivity contribution is -0.145. The van der Waals surface area contributed by atoms with Gasteiger partial charge in [-0.15, -0.1) is 11.3 Å². The van der Waals surface area contributed by atoms with E-state index in [2.05, 4.69) is 11.4 Å². The van der Waals surface area contributed by atoms with E-state index in [9.17, 15) is 14.4 Å². The predicted molar refractivity (Wildman–Crippen MR) is 122 cm³/mol. The Labute approximate surface area is 192 Å². The Hall–Kier alpha value is -2.87. The highest BCUT2D eigenvalue weighted by Crippen LogP contribution is 2.31. The second-order valence-electron chi connectivity index (χ2n) is 8.57. The number of hydrogen-bond acceptors (Lipinski definition) is 5. The number of nitrogens with one attached hydrogen (secondary N) is 1. The first kappa shape index (κ1) is 22.3. The molecule has 1 atom stereocenters. The van der Waals surface area contributed by atoms with E-state index in [1.54, 1.807) is 28.2 Å². The van der Waals surface area contributed by atoms with Crippen molar-refractivity contribution in [1.82, 2.24) is 15.1 Å². The predicted octanol–water partition coefficient (Wildman–Crippen LogP) is 2.60. The van der Waals surface area contributed by atoms with Crippen molar-refractivity contribution in [1.29, 1.82) is 0 Å². The number of thiophene rings is 1. The molecule has 0 unspecified atom stereocenters. The van der Waals surface area contributed by atoms with Crippen LogP contribution in [0.2, 0.25) is 0 Å². The molecule has 0 aliphatic carbocycles. The first-order chi connectivity index (χ1) is 15.5. The SMILES string of the molecule is COc1cccc(CN2CCN(C(=O)CC[C@@]3(Cc4cccs4)CCC(=O)N3)CC2=O)c1. The van der Waals surface area contributed by atoms with E-state index in [-0.39, 0.29) is 29.8 Å². The molecule has 2 saturated heterocycles. The third-order valence-electron chi connectivity index (χ3n) is 6.32. The van der Waals surface area contributed by atoms with Crippen molar-refractivity contribution < 1.29 is 19.1 Å². The fraction of sp³-hybridized carbons (Fsp3) is 0.458. The molecule has 2 aromatic rings. The number of piperazine rings is 1. The summed E-state index contributed by atoms with van der Waals surface area (Å²) in [5, 5.41) is 5.16. The van der Waals surface area contributed by atoms with Gasteiger partial charge in [0.15, 0.2) is 0 Å². The second kappa shape index (κ2) is 9.73. The van der Waals surface area contributed by atoms with Crippen LogP contribution in [0.15, 0.2) is 41.8 Å². The monoisotopic (exact) mass is 455 g/mol. The van der Waals surface area contributed by atoms with E-state index in [0.717, 1.165) is 24.2 Å². The van der Waals surface area contributed by atoms with Gasteiger partial charge in [0.2, 0.25) is 17.7 Å². The minimum absolute atomic E-state index is 0.0221. The molecule has 7 nitrogen and oxygen atoms in total. The van der Waals surface area contributed by atoms with Crippen molar-refractivity contribution in [2.24, 2.45) is 0 Å². The lowest BCUT2D eigenvalue weighted by Crippen LogP contribution is -2.52. The summed E-state index contributed by atoms with van der Waals surface area (Å²) in [7, 11) is 1.62. The Morgan fingerprint density at radius 2 is 2.09 bits per heavy atom. The summed E-state index contributed by atoms with van der Waals surface area (Å²) in [6.45, 7) is 1.65. The van der Waals surface area contributed by atoms with Crippen LogP contribution in [-0.4, -0.2) is 59.8 Å². The average molecular weight is 456 g/mol. The zero-order valence-corrected chi connectivity index (χ0v) is 19.2. The molecule has 0 spiro atoms. The van der Waals surface area contributed by atoms with Crippen LogP contribution in [0, 0.1) is 0 Å². The summed E-state index contributed by atoms with van der Waals surface area (Å²) in [4.78, 5) is 42.2. The standard InChI is InChI=1S/C24H29N3O4S/c1-31-19-5-2-4-18(14-19)16-26-11-12-27(17-23(26)30)22(29)8-10-24(9-7-21(28)25-24)15-20-6-3-13-32-20/h2-6,13-14H,7-12,15-17H2,1H3,(H,25,28)/t24-/m1/s1. The van der Waals surface area contributed by atoms with Crippen LogP contribution in [-0.2, 0) is 27.3 Å². The summed E-state index contributed by atoms with van der Waals surface area (Å²) in [5.74, 6) is 0.746. The van der Waals surface area contributed by atoms with Gasteiger partial charge in [0.05, 0.1) is 13.7 Å². The molecule has 0 saturated carbocycles. The zero-order chi connectivity index (χ0) is 22.6. The summed E-state index contributed by atoms with van der Waals surface area (Å²) in [6, 6.07) is 11.8. The van der Waals surface area contributed by atoms with Gasteiger partial charge >= 0.3 is 0 Å². The maximum absolute atomic E-state index is 12.9. The van der Waals surface area contributed by atoms with E-state index in [1.165, 1.54) is 4.88 Å². The van der Waals surface area contributed by atoms with Gasteiger partial charge in [0, 0.05) is 49.3 Å². The van der Waals surface area contributed by atoms with E-state index < -0.39 is 0 Å². The molecule has 170 valence electrons. The first-order valence-corrected chi connectivity index (χ1v) is 11.9. The molecule has 3 amide bonds. The molecule has 1 aromatic heterocycles. The van der Waals surface area contributed by atoms with Crippen LogP contribution in [0.4, 0.5) is 0 Å². The lowest BCUT2D eigenvalue weighted by atomic mass is 9.87. The number of amides is 3. The summed E-state index contributed by atoms with van der Waals surface area (Å²) in [5.41, 5.74) is 0.639. The number of benzene rings is 1. The second-order valence-corrected chi connectivity index (χ2v) is 9.60. The van der Waals surface area contributed by atoms with Gasteiger partial charge in [-0.1, -0.05) is 18.2 Å². The quantitative estimate of drug-likeness (QED) is 0.664. The highest BCUT2D eigenvalue weighted by Gasteiger charge is 2.39. The largest absolute Gasteiger partial charge is 0.497 e. The van der Waals surface area contributed by atoms with Crippen molar-refractivity contribution in [2.45, 2.75) is 44.2 Å². The summed E-state index contributed by atoms with van der Waals surface area (Å²) < 4.78 is 5.25. The number of methoxy groups -OCH3 is 1. The van der Waals surface area contributed by atoms with Crippen LogP contribution < -0.4 is 10.1 Å². The van der Waals surface area contributed by atoms with E-state index in [1.807, 2.05) is 35.7 Å². The number of carbonyl (C=O) groups excluding carboxylic acids is 3. The molecule has 32 heavy (non-hydrogen) atoms. The number of hydrogen-bond donors (Lipinski definition) is 1.